The van der Waals surface area contributed by atoms with Crippen molar-refractivity contribution >= 4 is 22.7 Å². The van der Waals surface area contributed by atoms with E-state index in [0.29, 0.717) is 24.4 Å². The predicted molar refractivity (Wildman–Crippen MR) is 86.5 cm³/mol. The van der Waals surface area contributed by atoms with Crippen molar-refractivity contribution in [1.82, 2.24) is 9.55 Å². The van der Waals surface area contributed by atoms with E-state index in [2.05, 4.69) is 10.3 Å². The molecule has 2 heterocycles. The van der Waals surface area contributed by atoms with Gasteiger partial charge in [0.05, 0.1) is 12.3 Å². The Bertz CT molecular complexity index is 765. The number of fused-ring (bicyclic) bond motifs is 1. The van der Waals surface area contributed by atoms with Gasteiger partial charge < -0.3 is 10.1 Å². The maximum absolute atomic E-state index is 12.7. The Morgan fingerprint density at radius 3 is 2.64 bits per heavy atom. The molecule has 0 radical (unpaired) electrons. The van der Waals surface area contributed by atoms with Gasteiger partial charge in [0.1, 0.15) is 11.2 Å². The van der Waals surface area contributed by atoms with E-state index in [1.807, 2.05) is 32.9 Å². The van der Waals surface area contributed by atoms with Crippen LogP contribution in [0.25, 0.3) is 11.0 Å². The lowest BCUT2D eigenvalue weighted by Crippen LogP contribution is -2.30. The standard InChI is InChI=1S/C16H21N3O3/c1-5-17-13-11-9-8-10(4)18-14(11)19(6-2)15(20)12(13)16(21)22-7-3/h8-9,17H,5-7H2,1-4H3. The highest BCUT2D eigenvalue weighted by Crippen LogP contribution is 2.25. The zero-order chi connectivity index (χ0) is 16.3. The number of carbonyl (C=O) groups is 1. The minimum atomic E-state index is -0.604. The first kappa shape index (κ1) is 16.0. The van der Waals surface area contributed by atoms with Gasteiger partial charge in [0.2, 0.25) is 0 Å². The van der Waals surface area contributed by atoms with Gasteiger partial charge in [-0.15, -0.1) is 0 Å². The highest BCUT2D eigenvalue weighted by Gasteiger charge is 2.23. The molecule has 0 aliphatic rings. The second kappa shape index (κ2) is 6.60. The van der Waals surface area contributed by atoms with Gasteiger partial charge in [-0.25, -0.2) is 9.78 Å². The van der Waals surface area contributed by atoms with Crippen molar-refractivity contribution in [3.8, 4) is 0 Å². The molecule has 0 saturated carbocycles. The highest BCUT2D eigenvalue weighted by molar-refractivity contribution is 6.04. The molecular weight excluding hydrogens is 282 g/mol. The van der Waals surface area contributed by atoms with E-state index >= 15 is 0 Å². The van der Waals surface area contributed by atoms with Crippen LogP contribution >= 0.6 is 0 Å². The summed E-state index contributed by atoms with van der Waals surface area (Å²) in [5.41, 5.74) is 1.57. The molecule has 6 nitrogen and oxygen atoms in total. The summed E-state index contributed by atoms with van der Waals surface area (Å²) in [4.78, 5) is 29.4. The molecule has 0 aromatic carbocycles. The topological polar surface area (TPSA) is 73.2 Å². The van der Waals surface area contributed by atoms with E-state index in [-0.39, 0.29) is 17.7 Å². The van der Waals surface area contributed by atoms with E-state index in [9.17, 15) is 9.59 Å². The van der Waals surface area contributed by atoms with Gasteiger partial charge in [0, 0.05) is 24.2 Å². The Labute approximate surface area is 129 Å². The number of hydrogen-bond donors (Lipinski definition) is 1. The fourth-order valence-electron chi connectivity index (χ4n) is 2.46. The van der Waals surface area contributed by atoms with Gasteiger partial charge in [-0.05, 0) is 39.8 Å². The summed E-state index contributed by atoms with van der Waals surface area (Å²) in [7, 11) is 0. The number of aryl methyl sites for hydroxylation is 2. The zero-order valence-corrected chi connectivity index (χ0v) is 13.4. The molecule has 1 N–H and O–H groups in total. The number of anilines is 1. The van der Waals surface area contributed by atoms with Crippen LogP contribution in [-0.4, -0.2) is 28.7 Å². The van der Waals surface area contributed by atoms with Crippen molar-refractivity contribution in [2.75, 3.05) is 18.5 Å². The maximum Gasteiger partial charge on any atom is 0.345 e. The highest BCUT2D eigenvalue weighted by atomic mass is 16.5. The van der Waals surface area contributed by atoms with Crippen LogP contribution in [0.3, 0.4) is 0 Å². The molecule has 2 aromatic rings. The molecule has 22 heavy (non-hydrogen) atoms. The molecule has 0 saturated heterocycles. The molecule has 0 unspecified atom stereocenters. The summed E-state index contributed by atoms with van der Waals surface area (Å²) in [5, 5.41) is 3.86. The Morgan fingerprint density at radius 2 is 2.05 bits per heavy atom. The second-order valence-corrected chi connectivity index (χ2v) is 4.87. The van der Waals surface area contributed by atoms with Gasteiger partial charge >= 0.3 is 5.97 Å². The molecule has 0 bridgehead atoms. The third kappa shape index (κ3) is 2.68. The van der Waals surface area contributed by atoms with Gasteiger partial charge in [0.25, 0.3) is 5.56 Å². The van der Waals surface area contributed by atoms with Crippen molar-refractivity contribution in [1.29, 1.82) is 0 Å². The molecule has 2 aromatic heterocycles. The smallest absolute Gasteiger partial charge is 0.345 e. The van der Waals surface area contributed by atoms with Crippen LogP contribution in [0.15, 0.2) is 16.9 Å². The van der Waals surface area contributed by atoms with Crippen LogP contribution in [-0.2, 0) is 11.3 Å². The minimum absolute atomic E-state index is 0.0451. The predicted octanol–water partition coefficient (Wildman–Crippen LogP) is 2.33. The maximum atomic E-state index is 12.7. The molecule has 0 amide bonds. The van der Waals surface area contributed by atoms with Crippen molar-refractivity contribution in [2.24, 2.45) is 0 Å². The molecule has 6 heteroatoms. The lowest BCUT2D eigenvalue weighted by Gasteiger charge is -2.16. The van der Waals surface area contributed by atoms with Gasteiger partial charge in [-0.2, -0.15) is 0 Å². The molecule has 2 rings (SSSR count). The fraction of sp³-hybridized carbons (Fsp3) is 0.438. The van der Waals surface area contributed by atoms with Crippen LogP contribution in [0.2, 0.25) is 0 Å². The number of carbonyl (C=O) groups excluding carboxylic acids is 1. The SMILES string of the molecule is CCNc1c(C(=O)OCC)c(=O)n(CC)c2nc(C)ccc12. The number of nitrogens with one attached hydrogen (secondary N) is 1. The van der Waals surface area contributed by atoms with Crippen LogP contribution in [0, 0.1) is 6.92 Å². The number of aromatic nitrogens is 2. The number of rotatable bonds is 5. The second-order valence-electron chi connectivity index (χ2n) is 4.87. The van der Waals surface area contributed by atoms with Crippen molar-refractivity contribution in [3.05, 3.63) is 33.7 Å². The largest absolute Gasteiger partial charge is 0.462 e. The summed E-state index contributed by atoms with van der Waals surface area (Å²) in [6.45, 7) is 8.60. The first-order valence-electron chi connectivity index (χ1n) is 7.50. The van der Waals surface area contributed by atoms with E-state index in [4.69, 9.17) is 4.74 Å². The zero-order valence-electron chi connectivity index (χ0n) is 13.4. The Kier molecular flexibility index (Phi) is 4.80. The van der Waals surface area contributed by atoms with E-state index in [1.54, 1.807) is 6.92 Å². The van der Waals surface area contributed by atoms with Gasteiger partial charge in [-0.3, -0.25) is 9.36 Å². The van der Waals surface area contributed by atoms with Crippen LogP contribution in [0.1, 0.15) is 36.8 Å². The molecule has 118 valence electrons. The monoisotopic (exact) mass is 303 g/mol. The summed E-state index contributed by atoms with van der Waals surface area (Å²) in [5.74, 6) is -0.604. The number of pyridine rings is 2. The van der Waals surface area contributed by atoms with Crippen molar-refractivity contribution in [3.63, 3.8) is 0 Å². The van der Waals surface area contributed by atoms with Crippen LogP contribution < -0.4 is 10.9 Å². The fourth-order valence-corrected chi connectivity index (χ4v) is 2.46. The number of nitrogens with zero attached hydrogens (tertiary/aromatic N) is 2. The summed E-state index contributed by atoms with van der Waals surface area (Å²) < 4.78 is 6.56. The van der Waals surface area contributed by atoms with Crippen LogP contribution in [0.4, 0.5) is 5.69 Å². The van der Waals surface area contributed by atoms with E-state index < -0.39 is 5.97 Å². The quantitative estimate of drug-likeness (QED) is 0.858. The number of esters is 1. The summed E-state index contributed by atoms with van der Waals surface area (Å²) >= 11 is 0. The molecular formula is C16H21N3O3. The molecule has 0 aliphatic carbocycles. The Balaban J connectivity index is 2.91. The van der Waals surface area contributed by atoms with Crippen LogP contribution in [0.5, 0.6) is 0 Å². The summed E-state index contributed by atoms with van der Waals surface area (Å²) in [6, 6.07) is 3.74. The van der Waals surface area contributed by atoms with E-state index in [0.717, 1.165) is 11.1 Å². The average Bonchev–Trinajstić information content (AvgIpc) is 2.47. The minimum Gasteiger partial charge on any atom is -0.462 e. The van der Waals surface area contributed by atoms with Gasteiger partial charge in [0.15, 0.2) is 0 Å². The van der Waals surface area contributed by atoms with Gasteiger partial charge in [-0.1, -0.05) is 0 Å². The average molecular weight is 303 g/mol. The first-order valence-corrected chi connectivity index (χ1v) is 7.50. The normalized spacial score (nSPS) is 10.7. The summed E-state index contributed by atoms with van der Waals surface area (Å²) in [6.07, 6.45) is 0. The number of ether oxygens (including phenoxy) is 1. The Hall–Kier alpha value is -2.37. The van der Waals surface area contributed by atoms with Crippen molar-refractivity contribution < 1.29 is 9.53 Å². The first-order chi connectivity index (χ1) is 10.5. The number of hydrogen-bond acceptors (Lipinski definition) is 5. The molecule has 0 atom stereocenters. The molecule has 0 spiro atoms. The van der Waals surface area contributed by atoms with E-state index in [1.165, 1.54) is 4.57 Å². The lowest BCUT2D eigenvalue weighted by molar-refractivity contribution is 0.0525. The lowest BCUT2D eigenvalue weighted by atomic mass is 10.1. The molecule has 0 fully saturated rings. The van der Waals surface area contributed by atoms with Crippen molar-refractivity contribution in [2.45, 2.75) is 34.2 Å². The third-order valence-electron chi connectivity index (χ3n) is 3.40. The third-order valence-corrected chi connectivity index (χ3v) is 3.40. The Morgan fingerprint density at radius 1 is 1.32 bits per heavy atom. The molecule has 0 aliphatic heterocycles.